The van der Waals surface area contributed by atoms with Gasteiger partial charge in [0.25, 0.3) is 5.91 Å². The maximum absolute atomic E-state index is 13.4. The lowest BCUT2D eigenvalue weighted by Gasteiger charge is -2.22. The number of carboxylic acids is 1. The lowest BCUT2D eigenvalue weighted by Crippen LogP contribution is -2.42. The molecule has 8 nitrogen and oxygen atoms in total. The summed E-state index contributed by atoms with van der Waals surface area (Å²) in [7, 11) is -3.40. The molecular formula is C34H41NO7S. The van der Waals surface area contributed by atoms with Gasteiger partial charge in [-0.25, -0.2) is 13.2 Å². The minimum Gasteiger partial charge on any atom is -0.480 e. The van der Waals surface area contributed by atoms with Gasteiger partial charge in [-0.3, -0.25) is 4.79 Å². The van der Waals surface area contributed by atoms with E-state index in [4.69, 9.17) is 9.47 Å². The molecule has 0 bridgehead atoms. The van der Waals surface area contributed by atoms with Crippen LogP contribution in [-0.2, 0) is 43.6 Å². The summed E-state index contributed by atoms with van der Waals surface area (Å²) < 4.78 is 35.5. The predicted octanol–water partition coefficient (Wildman–Crippen LogP) is 5.45. The Kier molecular flexibility index (Phi) is 11.1. The molecule has 0 saturated heterocycles. The Labute approximate surface area is 254 Å². The van der Waals surface area contributed by atoms with Crippen LogP contribution in [0.4, 0.5) is 0 Å². The quantitative estimate of drug-likeness (QED) is 0.250. The standard InChI is InChI=1S/C34H41NO7S/c1-4-41-22-32(27-15-14-25-10-6-7-11-26(25)20-27)42-21-24-13-16-29(30(19-24)28-12-8-5-9-23(28)2)33(36)35-31(34(37)38)17-18-43(3,39)40/h5,8-9,12-16,19-20,31-32H,4,6-7,10-11,17-18,21-22H2,1-3H3,(H,35,36)(H,37,38). The SMILES string of the molecule is CCOCC(OCc1ccc(C(=O)NC(CCS(C)(=O)=O)C(=O)O)c(-c2ccccc2C)c1)c1ccc2c(c1)CCCC2. The Bertz CT molecular complexity index is 1550. The lowest BCUT2D eigenvalue weighted by atomic mass is 9.89. The van der Waals surface area contributed by atoms with Gasteiger partial charge in [-0.2, -0.15) is 0 Å². The number of aryl methyl sites for hydroxylation is 3. The fourth-order valence-electron chi connectivity index (χ4n) is 5.42. The molecule has 0 fully saturated rings. The molecule has 43 heavy (non-hydrogen) atoms. The first kappa shape index (κ1) is 32.4. The number of ether oxygens (including phenoxy) is 2. The van der Waals surface area contributed by atoms with E-state index in [0.717, 1.165) is 41.4 Å². The molecule has 2 unspecified atom stereocenters. The Balaban J connectivity index is 1.60. The maximum Gasteiger partial charge on any atom is 0.326 e. The van der Waals surface area contributed by atoms with Crippen molar-refractivity contribution in [3.63, 3.8) is 0 Å². The van der Waals surface area contributed by atoms with Crippen molar-refractivity contribution in [2.45, 2.75) is 64.7 Å². The van der Waals surface area contributed by atoms with Gasteiger partial charge in [-0.05, 0) is 97.0 Å². The zero-order valence-electron chi connectivity index (χ0n) is 25.1. The molecule has 0 saturated carbocycles. The summed E-state index contributed by atoms with van der Waals surface area (Å²) in [6.45, 7) is 5.18. The van der Waals surface area contributed by atoms with Crippen LogP contribution in [0, 0.1) is 6.92 Å². The Morgan fingerprint density at radius 1 is 0.977 bits per heavy atom. The van der Waals surface area contributed by atoms with Crippen LogP contribution in [0.3, 0.4) is 0 Å². The molecule has 9 heteroatoms. The van der Waals surface area contributed by atoms with Crippen LogP contribution in [0.5, 0.6) is 0 Å². The van der Waals surface area contributed by atoms with E-state index >= 15 is 0 Å². The first-order valence-corrected chi connectivity index (χ1v) is 16.8. The topological polar surface area (TPSA) is 119 Å². The average Bonchev–Trinajstić information content (AvgIpc) is 2.98. The van der Waals surface area contributed by atoms with Crippen LogP contribution < -0.4 is 5.32 Å². The van der Waals surface area contributed by atoms with Crippen molar-refractivity contribution in [1.82, 2.24) is 5.32 Å². The molecule has 0 aromatic heterocycles. The van der Waals surface area contributed by atoms with Crippen molar-refractivity contribution < 1.29 is 32.6 Å². The number of rotatable bonds is 14. The highest BCUT2D eigenvalue weighted by Gasteiger charge is 2.25. The summed E-state index contributed by atoms with van der Waals surface area (Å²) >= 11 is 0. The summed E-state index contributed by atoms with van der Waals surface area (Å²) in [6.07, 6.45) is 5.15. The molecular weight excluding hydrogens is 566 g/mol. The highest BCUT2D eigenvalue weighted by atomic mass is 32.2. The smallest absolute Gasteiger partial charge is 0.326 e. The van der Waals surface area contributed by atoms with Crippen molar-refractivity contribution in [1.29, 1.82) is 0 Å². The van der Waals surface area contributed by atoms with Crippen molar-refractivity contribution in [3.8, 4) is 11.1 Å². The van der Waals surface area contributed by atoms with Crippen LogP contribution in [0.2, 0.25) is 0 Å². The molecule has 1 aliphatic rings. The lowest BCUT2D eigenvalue weighted by molar-refractivity contribution is -0.139. The van der Waals surface area contributed by atoms with Gasteiger partial charge < -0.3 is 19.9 Å². The van der Waals surface area contributed by atoms with Crippen LogP contribution in [0.1, 0.15) is 70.5 Å². The van der Waals surface area contributed by atoms with Gasteiger partial charge in [0.05, 0.1) is 19.0 Å². The van der Waals surface area contributed by atoms with Gasteiger partial charge in [0, 0.05) is 18.4 Å². The van der Waals surface area contributed by atoms with E-state index in [9.17, 15) is 23.1 Å². The Hall–Kier alpha value is -3.53. The summed E-state index contributed by atoms with van der Waals surface area (Å²) in [5.41, 5.74) is 7.43. The number of nitrogens with one attached hydrogen (secondary N) is 1. The summed E-state index contributed by atoms with van der Waals surface area (Å²) in [4.78, 5) is 25.2. The first-order valence-electron chi connectivity index (χ1n) is 14.8. The molecule has 230 valence electrons. The van der Waals surface area contributed by atoms with Crippen molar-refractivity contribution in [2.24, 2.45) is 0 Å². The number of fused-ring (bicyclic) bond motifs is 1. The number of aliphatic carboxylic acids is 1. The summed E-state index contributed by atoms with van der Waals surface area (Å²) in [5.74, 6) is -2.23. The highest BCUT2D eigenvalue weighted by Crippen LogP contribution is 2.31. The van der Waals surface area contributed by atoms with Gasteiger partial charge in [0.2, 0.25) is 0 Å². The third kappa shape index (κ3) is 8.98. The highest BCUT2D eigenvalue weighted by molar-refractivity contribution is 7.90. The molecule has 0 spiro atoms. The fraction of sp³-hybridized carbons (Fsp3) is 0.412. The minimum atomic E-state index is -3.40. The second kappa shape index (κ2) is 14.8. The monoisotopic (exact) mass is 607 g/mol. The summed E-state index contributed by atoms with van der Waals surface area (Å²) in [6, 6.07) is 18.2. The van der Waals surface area contributed by atoms with Crippen molar-refractivity contribution >= 4 is 21.7 Å². The predicted molar refractivity (Wildman–Crippen MR) is 167 cm³/mol. The molecule has 1 aliphatic carbocycles. The second-order valence-corrected chi connectivity index (χ2v) is 13.4. The van der Waals surface area contributed by atoms with Gasteiger partial charge in [-0.1, -0.05) is 48.5 Å². The first-order chi connectivity index (χ1) is 20.6. The molecule has 0 aliphatic heterocycles. The van der Waals surface area contributed by atoms with Crippen LogP contribution in [-0.4, -0.2) is 56.7 Å². The number of hydrogen-bond acceptors (Lipinski definition) is 6. The third-order valence-electron chi connectivity index (χ3n) is 7.81. The van der Waals surface area contributed by atoms with E-state index in [1.54, 1.807) is 12.1 Å². The van der Waals surface area contributed by atoms with E-state index < -0.39 is 27.8 Å². The number of carbonyl (C=O) groups excluding carboxylic acids is 1. The number of amides is 1. The zero-order valence-corrected chi connectivity index (χ0v) is 25.9. The zero-order chi connectivity index (χ0) is 31.0. The molecule has 2 atom stereocenters. The van der Waals surface area contributed by atoms with E-state index in [1.165, 1.54) is 24.0 Å². The van der Waals surface area contributed by atoms with Gasteiger partial charge in [0.1, 0.15) is 22.0 Å². The van der Waals surface area contributed by atoms with Crippen LogP contribution in [0.15, 0.2) is 60.7 Å². The van der Waals surface area contributed by atoms with Crippen LogP contribution in [0.25, 0.3) is 11.1 Å². The molecule has 4 rings (SSSR count). The number of hydrogen-bond donors (Lipinski definition) is 2. The molecule has 0 heterocycles. The third-order valence-corrected chi connectivity index (χ3v) is 8.79. The number of carbonyl (C=O) groups is 2. The molecule has 1 amide bonds. The van der Waals surface area contributed by atoms with E-state index in [0.29, 0.717) is 24.3 Å². The van der Waals surface area contributed by atoms with Gasteiger partial charge in [0.15, 0.2) is 0 Å². The van der Waals surface area contributed by atoms with Crippen LogP contribution >= 0.6 is 0 Å². The minimum absolute atomic E-state index is 0.227. The molecule has 3 aromatic rings. The van der Waals surface area contributed by atoms with Crippen molar-refractivity contribution in [3.05, 3.63) is 94.0 Å². The maximum atomic E-state index is 13.4. The number of carboxylic acid groups (broad SMARTS) is 1. The van der Waals surface area contributed by atoms with Gasteiger partial charge >= 0.3 is 5.97 Å². The molecule has 2 N–H and O–H groups in total. The fourth-order valence-corrected chi connectivity index (χ4v) is 6.08. The average molecular weight is 608 g/mol. The number of sulfone groups is 1. The van der Waals surface area contributed by atoms with E-state index in [-0.39, 0.29) is 24.9 Å². The molecule has 3 aromatic carbocycles. The van der Waals surface area contributed by atoms with E-state index in [1.807, 2.05) is 44.2 Å². The normalized spacial score (nSPS) is 14.5. The van der Waals surface area contributed by atoms with E-state index in [2.05, 4.69) is 23.5 Å². The number of benzene rings is 3. The van der Waals surface area contributed by atoms with Gasteiger partial charge in [-0.15, -0.1) is 0 Å². The Morgan fingerprint density at radius 2 is 1.72 bits per heavy atom. The van der Waals surface area contributed by atoms with Crippen molar-refractivity contribution in [2.75, 3.05) is 25.2 Å². The largest absolute Gasteiger partial charge is 0.480 e. The Morgan fingerprint density at radius 3 is 2.42 bits per heavy atom. The second-order valence-electron chi connectivity index (χ2n) is 11.2. The molecule has 0 radical (unpaired) electrons. The summed E-state index contributed by atoms with van der Waals surface area (Å²) in [5, 5.41) is 12.2.